The Labute approximate surface area is 76.4 Å². The lowest BCUT2D eigenvalue weighted by Gasteiger charge is -2.05. The van der Waals surface area contributed by atoms with Crippen molar-refractivity contribution in [1.29, 1.82) is 0 Å². The van der Waals surface area contributed by atoms with Crippen molar-refractivity contribution >= 4 is 0 Å². The number of ether oxygens (including phenoxy) is 1. The summed E-state index contributed by atoms with van der Waals surface area (Å²) in [5, 5.41) is 0. The first-order chi connectivity index (χ1) is 6.33. The van der Waals surface area contributed by atoms with Crippen LogP contribution in [0.25, 0.3) is 0 Å². The zero-order valence-corrected chi connectivity index (χ0v) is 7.42. The van der Waals surface area contributed by atoms with E-state index in [0.29, 0.717) is 19.0 Å². The molecule has 0 aromatic heterocycles. The van der Waals surface area contributed by atoms with Crippen LogP contribution in [0, 0.1) is 5.82 Å². The Morgan fingerprint density at radius 1 is 1.23 bits per heavy atom. The van der Waals surface area contributed by atoms with Crippen molar-refractivity contribution < 1.29 is 14.0 Å². The fourth-order valence-corrected chi connectivity index (χ4v) is 0.834. The number of nitrogens with one attached hydrogen (secondary N) is 1. The summed E-state index contributed by atoms with van der Waals surface area (Å²) in [6, 6.07) is 5.87. The fourth-order valence-electron chi connectivity index (χ4n) is 0.834. The SMILES string of the molecule is CNOCCOc1ccc(F)cc1. The maximum atomic E-state index is 12.4. The van der Waals surface area contributed by atoms with Crippen LogP contribution in [-0.2, 0) is 4.84 Å². The Kier molecular flexibility index (Phi) is 4.21. The summed E-state index contributed by atoms with van der Waals surface area (Å²) < 4.78 is 17.7. The average Bonchev–Trinajstić information content (AvgIpc) is 2.15. The van der Waals surface area contributed by atoms with Crippen LogP contribution >= 0.6 is 0 Å². The van der Waals surface area contributed by atoms with E-state index in [9.17, 15) is 4.39 Å². The first-order valence-corrected chi connectivity index (χ1v) is 4.00. The van der Waals surface area contributed by atoms with E-state index in [4.69, 9.17) is 9.57 Å². The largest absolute Gasteiger partial charge is 0.491 e. The van der Waals surface area contributed by atoms with Crippen LogP contribution in [0.5, 0.6) is 5.75 Å². The number of hydrogen-bond acceptors (Lipinski definition) is 3. The van der Waals surface area contributed by atoms with Gasteiger partial charge in [0.1, 0.15) is 24.8 Å². The molecule has 4 heteroatoms. The highest BCUT2D eigenvalue weighted by atomic mass is 19.1. The van der Waals surface area contributed by atoms with Crippen LogP contribution in [0.2, 0.25) is 0 Å². The number of halogens is 1. The number of hydrogen-bond donors (Lipinski definition) is 1. The molecule has 0 aliphatic rings. The quantitative estimate of drug-likeness (QED) is 0.555. The first kappa shape index (κ1) is 9.95. The second kappa shape index (κ2) is 5.50. The summed E-state index contributed by atoms with van der Waals surface area (Å²) in [4.78, 5) is 4.83. The van der Waals surface area contributed by atoms with Gasteiger partial charge >= 0.3 is 0 Å². The highest BCUT2D eigenvalue weighted by Gasteiger charge is 1.93. The van der Waals surface area contributed by atoms with Crippen molar-refractivity contribution in [2.24, 2.45) is 0 Å². The summed E-state index contributed by atoms with van der Waals surface area (Å²) in [7, 11) is 1.68. The van der Waals surface area contributed by atoms with Crippen LogP contribution in [0.3, 0.4) is 0 Å². The lowest BCUT2D eigenvalue weighted by atomic mass is 10.3. The zero-order valence-electron chi connectivity index (χ0n) is 7.42. The van der Waals surface area contributed by atoms with Crippen molar-refractivity contribution in [3.63, 3.8) is 0 Å². The maximum absolute atomic E-state index is 12.4. The van der Waals surface area contributed by atoms with Gasteiger partial charge in [-0.15, -0.1) is 0 Å². The standard InChI is InChI=1S/C9H12FNO2/c1-11-13-7-6-12-9-4-2-8(10)3-5-9/h2-5,11H,6-7H2,1H3. The van der Waals surface area contributed by atoms with Gasteiger partial charge in [0, 0.05) is 7.05 Å². The van der Waals surface area contributed by atoms with E-state index in [1.165, 1.54) is 12.1 Å². The molecule has 72 valence electrons. The van der Waals surface area contributed by atoms with Gasteiger partial charge in [0.05, 0.1) is 0 Å². The molecule has 13 heavy (non-hydrogen) atoms. The summed E-state index contributed by atoms with van der Waals surface area (Å²) in [6.45, 7) is 0.889. The van der Waals surface area contributed by atoms with Crippen molar-refractivity contribution in [3.05, 3.63) is 30.1 Å². The fraction of sp³-hybridized carbons (Fsp3) is 0.333. The predicted octanol–water partition coefficient (Wildman–Crippen LogP) is 1.36. The summed E-state index contributed by atoms with van der Waals surface area (Å²) >= 11 is 0. The van der Waals surface area contributed by atoms with Gasteiger partial charge in [-0.2, -0.15) is 0 Å². The number of benzene rings is 1. The Morgan fingerprint density at radius 3 is 2.54 bits per heavy atom. The van der Waals surface area contributed by atoms with E-state index in [0.717, 1.165) is 0 Å². The monoisotopic (exact) mass is 185 g/mol. The molecule has 0 saturated carbocycles. The van der Waals surface area contributed by atoms with Crippen LogP contribution in [0.15, 0.2) is 24.3 Å². The molecule has 0 fully saturated rings. The molecule has 0 radical (unpaired) electrons. The first-order valence-electron chi connectivity index (χ1n) is 4.00. The number of rotatable bonds is 5. The van der Waals surface area contributed by atoms with E-state index >= 15 is 0 Å². The molecular weight excluding hydrogens is 173 g/mol. The molecule has 1 N–H and O–H groups in total. The zero-order chi connectivity index (χ0) is 9.52. The second-order valence-electron chi connectivity index (χ2n) is 2.35. The summed E-state index contributed by atoms with van der Waals surface area (Å²) in [5.74, 6) is 0.375. The molecule has 0 aliphatic heterocycles. The smallest absolute Gasteiger partial charge is 0.123 e. The summed E-state index contributed by atoms with van der Waals surface area (Å²) in [6.07, 6.45) is 0. The van der Waals surface area contributed by atoms with E-state index < -0.39 is 0 Å². The topological polar surface area (TPSA) is 30.5 Å². The van der Waals surface area contributed by atoms with Gasteiger partial charge in [0.25, 0.3) is 0 Å². The Morgan fingerprint density at radius 2 is 1.92 bits per heavy atom. The third-order valence-electron chi connectivity index (χ3n) is 1.41. The molecule has 3 nitrogen and oxygen atoms in total. The highest BCUT2D eigenvalue weighted by Crippen LogP contribution is 2.10. The molecular formula is C9H12FNO2. The van der Waals surface area contributed by atoms with Gasteiger partial charge in [-0.1, -0.05) is 0 Å². The maximum Gasteiger partial charge on any atom is 0.123 e. The summed E-state index contributed by atoms with van der Waals surface area (Å²) in [5.41, 5.74) is 2.52. The molecule has 0 aliphatic carbocycles. The highest BCUT2D eigenvalue weighted by molar-refractivity contribution is 5.21. The lowest BCUT2D eigenvalue weighted by molar-refractivity contribution is 0.0367. The van der Waals surface area contributed by atoms with Gasteiger partial charge in [-0.3, -0.25) is 4.84 Å². The third kappa shape index (κ3) is 3.87. The molecule has 1 aromatic rings. The molecule has 1 rings (SSSR count). The minimum absolute atomic E-state index is 0.265. The molecule has 0 amide bonds. The van der Waals surface area contributed by atoms with Gasteiger partial charge in [0.15, 0.2) is 0 Å². The van der Waals surface area contributed by atoms with Gasteiger partial charge in [-0.05, 0) is 24.3 Å². The Hall–Kier alpha value is -1.13. The van der Waals surface area contributed by atoms with Crippen molar-refractivity contribution in [3.8, 4) is 5.75 Å². The van der Waals surface area contributed by atoms with Crippen LogP contribution in [-0.4, -0.2) is 20.3 Å². The van der Waals surface area contributed by atoms with Crippen LogP contribution in [0.1, 0.15) is 0 Å². The van der Waals surface area contributed by atoms with Crippen molar-refractivity contribution in [2.75, 3.05) is 20.3 Å². The molecule has 0 bridgehead atoms. The molecule has 0 unspecified atom stereocenters. The molecule has 0 heterocycles. The van der Waals surface area contributed by atoms with E-state index in [2.05, 4.69) is 5.48 Å². The number of hydroxylamine groups is 1. The predicted molar refractivity (Wildman–Crippen MR) is 46.9 cm³/mol. The van der Waals surface area contributed by atoms with Gasteiger partial charge < -0.3 is 4.74 Å². The van der Waals surface area contributed by atoms with Crippen LogP contribution < -0.4 is 10.2 Å². The normalized spacial score (nSPS) is 10.0. The van der Waals surface area contributed by atoms with Gasteiger partial charge in [0.2, 0.25) is 0 Å². The Balaban J connectivity index is 2.25. The van der Waals surface area contributed by atoms with Crippen molar-refractivity contribution in [1.82, 2.24) is 5.48 Å². The molecule has 1 aromatic carbocycles. The van der Waals surface area contributed by atoms with Crippen molar-refractivity contribution in [2.45, 2.75) is 0 Å². The molecule has 0 spiro atoms. The average molecular weight is 185 g/mol. The third-order valence-corrected chi connectivity index (χ3v) is 1.41. The minimum atomic E-state index is -0.265. The lowest BCUT2D eigenvalue weighted by Crippen LogP contribution is -2.14. The molecule has 0 saturated heterocycles. The van der Waals surface area contributed by atoms with E-state index in [1.54, 1.807) is 19.2 Å². The van der Waals surface area contributed by atoms with E-state index in [1.807, 2.05) is 0 Å². The van der Waals surface area contributed by atoms with Crippen LogP contribution in [0.4, 0.5) is 4.39 Å². The second-order valence-corrected chi connectivity index (χ2v) is 2.35. The Bertz CT molecular complexity index is 238. The van der Waals surface area contributed by atoms with Gasteiger partial charge in [-0.25, -0.2) is 9.87 Å². The minimum Gasteiger partial charge on any atom is -0.491 e. The van der Waals surface area contributed by atoms with E-state index in [-0.39, 0.29) is 5.82 Å². The molecule has 0 atom stereocenters.